The molecule has 1 fully saturated rings. The molecule has 2 N–H and O–H groups in total. The molecule has 0 aliphatic heterocycles. The molecular weight excluding hydrogens is 212 g/mol. The van der Waals surface area contributed by atoms with Crippen LogP contribution in [0.25, 0.3) is 0 Å². The van der Waals surface area contributed by atoms with Crippen LogP contribution in [0.3, 0.4) is 0 Å². The summed E-state index contributed by atoms with van der Waals surface area (Å²) in [4.78, 5) is 2.42. The maximum absolute atomic E-state index is 6.06. The summed E-state index contributed by atoms with van der Waals surface area (Å²) in [7, 11) is 1.93. The summed E-state index contributed by atoms with van der Waals surface area (Å²) in [6.45, 7) is 5.55. The average molecular weight is 236 g/mol. The smallest absolute Gasteiger partial charge is 0.174 e. The summed E-state index contributed by atoms with van der Waals surface area (Å²) in [5.74, 6) is 1.62. The lowest BCUT2D eigenvalue weighted by Gasteiger charge is -2.31. The van der Waals surface area contributed by atoms with E-state index >= 15 is 0 Å². The second kappa shape index (κ2) is 4.98. The van der Waals surface area contributed by atoms with E-state index in [0.29, 0.717) is 12.0 Å². The predicted molar refractivity (Wildman–Crippen MR) is 72.1 cm³/mol. The highest BCUT2D eigenvalue weighted by Crippen LogP contribution is 2.31. The Morgan fingerprint density at radius 2 is 2.12 bits per heavy atom. The molecule has 1 aliphatic carbocycles. The highest BCUT2D eigenvalue weighted by Gasteiger charge is 2.26. The molecule has 17 heavy (non-hydrogen) atoms. The molecular formula is C13H24N4. The molecule has 1 aliphatic rings. The van der Waals surface area contributed by atoms with Gasteiger partial charge in [-0.2, -0.15) is 5.10 Å². The van der Waals surface area contributed by atoms with Crippen molar-refractivity contribution in [2.45, 2.75) is 45.6 Å². The molecule has 96 valence electrons. The Kier molecular flexibility index (Phi) is 3.60. The Balaban J connectivity index is 2.22. The van der Waals surface area contributed by atoms with Crippen molar-refractivity contribution >= 4 is 11.5 Å². The molecule has 4 heteroatoms. The largest absolute Gasteiger partial charge is 0.394 e. The van der Waals surface area contributed by atoms with Gasteiger partial charge in [-0.05, 0) is 18.8 Å². The monoisotopic (exact) mass is 236 g/mol. The summed E-state index contributed by atoms with van der Waals surface area (Å²) >= 11 is 0. The quantitative estimate of drug-likeness (QED) is 0.873. The maximum atomic E-state index is 6.06. The van der Waals surface area contributed by atoms with Crippen molar-refractivity contribution in [3.05, 3.63) is 6.20 Å². The molecule has 4 nitrogen and oxygen atoms in total. The molecule has 0 atom stereocenters. The van der Waals surface area contributed by atoms with E-state index in [1.807, 2.05) is 17.9 Å². The van der Waals surface area contributed by atoms with Crippen molar-refractivity contribution in [3.63, 3.8) is 0 Å². The van der Waals surface area contributed by atoms with Gasteiger partial charge in [-0.15, -0.1) is 0 Å². The number of aromatic nitrogens is 2. The minimum absolute atomic E-state index is 0.634. The lowest BCUT2D eigenvalue weighted by atomic mass is 10.1. The normalized spacial score (nSPS) is 16.9. The molecule has 0 spiro atoms. The number of aryl methyl sites for hydroxylation is 1. The van der Waals surface area contributed by atoms with E-state index in [9.17, 15) is 0 Å². The molecule has 1 aromatic heterocycles. The van der Waals surface area contributed by atoms with Gasteiger partial charge in [-0.25, -0.2) is 0 Å². The molecule has 0 aromatic carbocycles. The van der Waals surface area contributed by atoms with Gasteiger partial charge in [0.15, 0.2) is 5.82 Å². The Bertz CT molecular complexity index is 363. The van der Waals surface area contributed by atoms with E-state index in [1.54, 1.807) is 0 Å². The van der Waals surface area contributed by atoms with E-state index in [4.69, 9.17) is 5.73 Å². The van der Waals surface area contributed by atoms with Crippen molar-refractivity contribution in [1.29, 1.82) is 0 Å². The summed E-state index contributed by atoms with van der Waals surface area (Å²) < 4.78 is 1.81. The van der Waals surface area contributed by atoms with Gasteiger partial charge < -0.3 is 10.6 Å². The van der Waals surface area contributed by atoms with E-state index in [-0.39, 0.29) is 0 Å². The highest BCUT2D eigenvalue weighted by molar-refractivity contribution is 5.62. The van der Waals surface area contributed by atoms with Crippen LogP contribution in [0.5, 0.6) is 0 Å². The fourth-order valence-electron chi connectivity index (χ4n) is 2.74. The number of hydrogen-bond acceptors (Lipinski definition) is 3. The summed E-state index contributed by atoms with van der Waals surface area (Å²) in [6.07, 6.45) is 7.14. The van der Waals surface area contributed by atoms with Crippen LogP contribution in [0.15, 0.2) is 6.20 Å². The highest BCUT2D eigenvalue weighted by atomic mass is 15.4. The zero-order valence-electron chi connectivity index (χ0n) is 11.2. The van der Waals surface area contributed by atoms with Crippen LogP contribution in [-0.4, -0.2) is 22.4 Å². The van der Waals surface area contributed by atoms with Crippen LogP contribution in [0.1, 0.15) is 39.5 Å². The fraction of sp³-hybridized carbons (Fsp3) is 0.769. The predicted octanol–water partition coefficient (Wildman–Crippen LogP) is 2.41. The molecule has 0 radical (unpaired) electrons. The molecule has 0 bridgehead atoms. The van der Waals surface area contributed by atoms with Gasteiger partial charge in [0.25, 0.3) is 0 Å². The zero-order chi connectivity index (χ0) is 12.4. The van der Waals surface area contributed by atoms with Crippen LogP contribution in [-0.2, 0) is 7.05 Å². The second-order valence-corrected chi connectivity index (χ2v) is 5.57. The first-order valence-corrected chi connectivity index (χ1v) is 6.63. The molecule has 1 heterocycles. The topological polar surface area (TPSA) is 47.1 Å². The Hall–Kier alpha value is -1.19. The summed E-state index contributed by atoms with van der Waals surface area (Å²) in [5, 5.41) is 4.53. The Morgan fingerprint density at radius 3 is 2.59 bits per heavy atom. The van der Waals surface area contributed by atoms with Gasteiger partial charge in [0.2, 0.25) is 0 Å². The summed E-state index contributed by atoms with van der Waals surface area (Å²) in [5.41, 5.74) is 6.87. The lowest BCUT2D eigenvalue weighted by Crippen LogP contribution is -2.37. The first-order valence-electron chi connectivity index (χ1n) is 6.63. The minimum atomic E-state index is 0.634. The third-order valence-electron chi connectivity index (χ3n) is 3.44. The number of hydrogen-bond donors (Lipinski definition) is 1. The van der Waals surface area contributed by atoms with Crippen LogP contribution in [0.2, 0.25) is 0 Å². The maximum Gasteiger partial charge on any atom is 0.174 e. The van der Waals surface area contributed by atoms with E-state index < -0.39 is 0 Å². The van der Waals surface area contributed by atoms with Gasteiger partial charge in [0.1, 0.15) is 0 Å². The van der Waals surface area contributed by atoms with E-state index in [2.05, 4.69) is 23.8 Å². The van der Waals surface area contributed by atoms with Crippen LogP contribution < -0.4 is 10.6 Å². The van der Waals surface area contributed by atoms with Crippen molar-refractivity contribution in [2.75, 3.05) is 17.2 Å². The lowest BCUT2D eigenvalue weighted by molar-refractivity contribution is 0.528. The van der Waals surface area contributed by atoms with Crippen LogP contribution >= 0.6 is 0 Å². The van der Waals surface area contributed by atoms with Crippen molar-refractivity contribution in [1.82, 2.24) is 9.78 Å². The SMILES string of the molecule is CC(C)CN(c1nn(C)cc1N)C1CCCC1. The molecule has 0 saturated heterocycles. The Labute approximate surface area is 104 Å². The molecule has 0 amide bonds. The fourth-order valence-corrected chi connectivity index (χ4v) is 2.74. The van der Waals surface area contributed by atoms with Gasteiger partial charge in [0, 0.05) is 25.8 Å². The number of anilines is 2. The number of nitrogens with zero attached hydrogens (tertiary/aromatic N) is 3. The Morgan fingerprint density at radius 1 is 1.47 bits per heavy atom. The number of nitrogens with two attached hydrogens (primary N) is 1. The number of nitrogen functional groups attached to an aromatic ring is 1. The molecule has 1 saturated carbocycles. The van der Waals surface area contributed by atoms with Gasteiger partial charge >= 0.3 is 0 Å². The van der Waals surface area contributed by atoms with Gasteiger partial charge in [0.05, 0.1) is 5.69 Å². The second-order valence-electron chi connectivity index (χ2n) is 5.57. The van der Waals surface area contributed by atoms with Crippen LogP contribution in [0.4, 0.5) is 11.5 Å². The third-order valence-corrected chi connectivity index (χ3v) is 3.44. The van der Waals surface area contributed by atoms with Crippen molar-refractivity contribution < 1.29 is 0 Å². The summed E-state index contributed by atoms with van der Waals surface area (Å²) in [6, 6.07) is 0.634. The first kappa shape index (κ1) is 12.3. The molecule has 1 aromatic rings. The van der Waals surface area contributed by atoms with Gasteiger partial charge in [-0.1, -0.05) is 26.7 Å². The molecule has 0 unspecified atom stereocenters. The molecule has 2 rings (SSSR count). The third kappa shape index (κ3) is 2.73. The van der Waals surface area contributed by atoms with Gasteiger partial charge in [-0.3, -0.25) is 4.68 Å². The minimum Gasteiger partial charge on any atom is -0.394 e. The number of rotatable bonds is 4. The standard InChI is InChI=1S/C13H24N4/c1-10(2)8-17(11-6-4-5-7-11)13-12(14)9-16(3)15-13/h9-11H,4-8,14H2,1-3H3. The van der Waals surface area contributed by atoms with E-state index in [1.165, 1.54) is 25.7 Å². The zero-order valence-corrected chi connectivity index (χ0v) is 11.2. The van der Waals surface area contributed by atoms with E-state index in [0.717, 1.165) is 18.1 Å². The first-order chi connectivity index (χ1) is 8.08. The van der Waals surface area contributed by atoms with Crippen molar-refractivity contribution in [2.24, 2.45) is 13.0 Å². The van der Waals surface area contributed by atoms with Crippen LogP contribution in [0, 0.1) is 5.92 Å². The average Bonchev–Trinajstić information content (AvgIpc) is 2.84. The van der Waals surface area contributed by atoms with Crippen molar-refractivity contribution in [3.8, 4) is 0 Å².